The van der Waals surface area contributed by atoms with Gasteiger partial charge in [-0.15, -0.1) is 23.2 Å². The van der Waals surface area contributed by atoms with E-state index in [1.165, 1.54) is 0 Å². The molecule has 0 saturated carbocycles. The highest BCUT2D eigenvalue weighted by Crippen LogP contribution is 2.13. The first kappa shape index (κ1) is 17.5. The molecule has 0 aliphatic carbocycles. The van der Waals surface area contributed by atoms with Gasteiger partial charge in [-0.05, 0) is 38.5 Å². The van der Waals surface area contributed by atoms with Crippen molar-refractivity contribution in [3.05, 3.63) is 0 Å². The molecule has 3 nitrogen and oxygen atoms in total. The minimum atomic E-state index is -0.209. The Kier molecular flexibility index (Phi) is 13.3. The number of rotatable bonds is 12. The van der Waals surface area contributed by atoms with Gasteiger partial charge in [0.05, 0.1) is 0 Å². The average molecular weight is 287 g/mol. The molecule has 0 radical (unpaired) electrons. The molecule has 0 spiro atoms. The van der Waals surface area contributed by atoms with E-state index in [4.69, 9.17) is 37.4 Å². The molecule has 0 fully saturated rings. The van der Waals surface area contributed by atoms with Crippen LogP contribution in [0.2, 0.25) is 0 Å². The topological polar surface area (TPSA) is 27.7 Å². The summed E-state index contributed by atoms with van der Waals surface area (Å²) in [7, 11) is 3.30. The van der Waals surface area contributed by atoms with Crippen molar-refractivity contribution in [2.24, 2.45) is 0 Å². The van der Waals surface area contributed by atoms with E-state index in [0.717, 1.165) is 38.5 Å². The van der Waals surface area contributed by atoms with Crippen LogP contribution in [-0.2, 0) is 14.2 Å². The number of hydrogen-bond acceptors (Lipinski definition) is 3. The molecule has 17 heavy (non-hydrogen) atoms. The predicted molar refractivity (Wildman–Crippen MR) is 71.8 cm³/mol. The lowest BCUT2D eigenvalue weighted by Gasteiger charge is -2.22. The summed E-state index contributed by atoms with van der Waals surface area (Å²) in [6.45, 7) is 0. The van der Waals surface area contributed by atoms with Gasteiger partial charge in [0.15, 0.2) is 12.6 Å². The van der Waals surface area contributed by atoms with Crippen molar-refractivity contribution < 1.29 is 14.2 Å². The first-order valence-electron chi connectivity index (χ1n) is 6.11. The fourth-order valence-electron chi connectivity index (χ4n) is 1.46. The van der Waals surface area contributed by atoms with Crippen molar-refractivity contribution in [2.75, 3.05) is 26.0 Å². The van der Waals surface area contributed by atoms with Crippen LogP contribution in [0, 0.1) is 0 Å². The number of hydrogen-bond donors (Lipinski definition) is 0. The molecule has 0 bridgehead atoms. The Balaban J connectivity index is 3.77. The number of unbranched alkanes of at least 4 members (excludes halogenated alkanes) is 2. The predicted octanol–water partition coefficient (Wildman–Crippen LogP) is 3.77. The van der Waals surface area contributed by atoms with E-state index in [0.29, 0.717) is 11.8 Å². The van der Waals surface area contributed by atoms with E-state index in [1.807, 2.05) is 0 Å². The van der Waals surface area contributed by atoms with E-state index in [9.17, 15) is 0 Å². The van der Waals surface area contributed by atoms with Crippen LogP contribution in [0.15, 0.2) is 0 Å². The fraction of sp³-hybridized carbons (Fsp3) is 1.00. The molecular formula is C12H24Cl2O3. The van der Waals surface area contributed by atoms with Crippen LogP contribution < -0.4 is 0 Å². The molecule has 0 aromatic heterocycles. The highest BCUT2D eigenvalue weighted by atomic mass is 35.5. The highest BCUT2D eigenvalue weighted by molar-refractivity contribution is 6.18. The average Bonchev–Trinajstić information content (AvgIpc) is 2.36. The normalized spacial score (nSPS) is 14.8. The number of ether oxygens (including phenoxy) is 3. The summed E-state index contributed by atoms with van der Waals surface area (Å²) in [4.78, 5) is 0. The maximum absolute atomic E-state index is 5.71. The summed E-state index contributed by atoms with van der Waals surface area (Å²) in [5.74, 6) is 1.36. The molecule has 2 atom stereocenters. The SMILES string of the molecule is COC(CCCCCl)OC(CCCCCl)OC. The molecule has 0 amide bonds. The largest absolute Gasteiger partial charge is 0.356 e. The van der Waals surface area contributed by atoms with Crippen LogP contribution in [0.3, 0.4) is 0 Å². The standard InChI is InChI=1S/C12H24Cl2O3/c1-15-11(7-3-5-9-13)17-12(16-2)8-4-6-10-14/h11-12H,3-10H2,1-2H3. The van der Waals surface area contributed by atoms with Crippen LogP contribution in [0.25, 0.3) is 0 Å². The van der Waals surface area contributed by atoms with E-state index < -0.39 is 0 Å². The first-order chi connectivity index (χ1) is 8.28. The summed E-state index contributed by atoms with van der Waals surface area (Å²) in [5.41, 5.74) is 0. The molecule has 0 heterocycles. The van der Waals surface area contributed by atoms with Gasteiger partial charge >= 0.3 is 0 Å². The van der Waals surface area contributed by atoms with Gasteiger partial charge in [-0.2, -0.15) is 0 Å². The molecular weight excluding hydrogens is 263 g/mol. The van der Waals surface area contributed by atoms with E-state index in [-0.39, 0.29) is 12.6 Å². The molecule has 0 aromatic carbocycles. The van der Waals surface area contributed by atoms with E-state index in [2.05, 4.69) is 0 Å². The molecule has 5 heteroatoms. The van der Waals surface area contributed by atoms with Gasteiger partial charge in [0.1, 0.15) is 0 Å². The zero-order valence-electron chi connectivity index (χ0n) is 10.8. The fourth-order valence-corrected chi connectivity index (χ4v) is 1.84. The lowest BCUT2D eigenvalue weighted by molar-refractivity contribution is -0.233. The van der Waals surface area contributed by atoms with Crippen LogP contribution in [0.5, 0.6) is 0 Å². The van der Waals surface area contributed by atoms with Crippen molar-refractivity contribution in [3.63, 3.8) is 0 Å². The zero-order valence-corrected chi connectivity index (χ0v) is 12.3. The Labute approximate surface area is 115 Å². The lowest BCUT2D eigenvalue weighted by atomic mass is 10.2. The Bertz CT molecular complexity index is 143. The van der Waals surface area contributed by atoms with Gasteiger partial charge in [0.2, 0.25) is 0 Å². The summed E-state index contributed by atoms with van der Waals surface area (Å²) < 4.78 is 16.2. The maximum Gasteiger partial charge on any atom is 0.160 e. The van der Waals surface area contributed by atoms with Gasteiger partial charge in [-0.25, -0.2) is 0 Å². The number of halogens is 2. The van der Waals surface area contributed by atoms with Crippen molar-refractivity contribution in [2.45, 2.75) is 51.1 Å². The van der Waals surface area contributed by atoms with Crippen molar-refractivity contribution in [1.82, 2.24) is 0 Å². The van der Waals surface area contributed by atoms with E-state index >= 15 is 0 Å². The number of alkyl halides is 2. The molecule has 0 aromatic rings. The second-order valence-corrected chi connectivity index (χ2v) is 4.59. The Morgan fingerprint density at radius 1 is 0.765 bits per heavy atom. The summed E-state index contributed by atoms with van der Waals surface area (Å²) in [5, 5.41) is 0. The first-order valence-corrected chi connectivity index (χ1v) is 7.18. The van der Waals surface area contributed by atoms with Crippen molar-refractivity contribution >= 4 is 23.2 Å². The summed E-state index contributed by atoms with van der Waals surface area (Å²) in [6.07, 6.45) is 5.24. The minimum absolute atomic E-state index is 0.209. The molecule has 0 N–H and O–H groups in total. The summed E-state index contributed by atoms with van der Waals surface area (Å²) >= 11 is 11.3. The zero-order chi connectivity index (χ0) is 12.9. The molecule has 0 rings (SSSR count). The van der Waals surface area contributed by atoms with Crippen LogP contribution in [0.4, 0.5) is 0 Å². The molecule has 0 aliphatic rings. The quantitative estimate of drug-likeness (QED) is 0.311. The Morgan fingerprint density at radius 2 is 1.18 bits per heavy atom. The van der Waals surface area contributed by atoms with Gasteiger partial charge in [-0.3, -0.25) is 0 Å². The van der Waals surface area contributed by atoms with Crippen LogP contribution in [-0.4, -0.2) is 38.6 Å². The molecule has 0 aliphatic heterocycles. The lowest BCUT2D eigenvalue weighted by Crippen LogP contribution is -2.25. The van der Waals surface area contributed by atoms with Gasteiger partial charge < -0.3 is 14.2 Å². The Hall–Kier alpha value is 0.460. The Morgan fingerprint density at radius 3 is 1.47 bits per heavy atom. The van der Waals surface area contributed by atoms with Gasteiger partial charge in [0.25, 0.3) is 0 Å². The third-order valence-electron chi connectivity index (χ3n) is 2.48. The second kappa shape index (κ2) is 12.9. The maximum atomic E-state index is 5.71. The van der Waals surface area contributed by atoms with Crippen LogP contribution in [0.1, 0.15) is 38.5 Å². The van der Waals surface area contributed by atoms with Gasteiger partial charge in [0, 0.05) is 26.0 Å². The second-order valence-electron chi connectivity index (χ2n) is 3.84. The third kappa shape index (κ3) is 10.1. The summed E-state index contributed by atoms with van der Waals surface area (Å²) in [6, 6.07) is 0. The van der Waals surface area contributed by atoms with E-state index in [1.54, 1.807) is 14.2 Å². The highest BCUT2D eigenvalue weighted by Gasteiger charge is 2.15. The molecule has 2 unspecified atom stereocenters. The minimum Gasteiger partial charge on any atom is -0.356 e. The van der Waals surface area contributed by atoms with Crippen molar-refractivity contribution in [1.29, 1.82) is 0 Å². The molecule has 0 saturated heterocycles. The molecule has 104 valence electrons. The smallest absolute Gasteiger partial charge is 0.160 e. The van der Waals surface area contributed by atoms with Crippen molar-refractivity contribution in [3.8, 4) is 0 Å². The van der Waals surface area contributed by atoms with Crippen LogP contribution >= 0.6 is 23.2 Å². The number of methoxy groups -OCH3 is 2. The third-order valence-corrected chi connectivity index (χ3v) is 3.01. The monoisotopic (exact) mass is 286 g/mol. The van der Waals surface area contributed by atoms with Gasteiger partial charge in [-0.1, -0.05) is 0 Å².